The number of Topliss-reactive ketones (excluding diaryl/α,β-unsaturated/α-hetero) is 1. The SMILES string of the molecule is CCC(Sc1ccccc1F)C(=O)c1ccc(OC)cc1. The molecule has 1 unspecified atom stereocenters. The maximum atomic E-state index is 13.7. The second-order valence-corrected chi connectivity index (χ2v) is 5.78. The quantitative estimate of drug-likeness (QED) is 0.577. The van der Waals surface area contributed by atoms with Crippen LogP contribution < -0.4 is 4.74 Å². The van der Waals surface area contributed by atoms with Crippen LogP contribution in [-0.4, -0.2) is 18.1 Å². The van der Waals surface area contributed by atoms with Crippen LogP contribution in [0.5, 0.6) is 5.75 Å². The average molecular weight is 304 g/mol. The number of halogens is 1. The van der Waals surface area contributed by atoms with Gasteiger partial charge in [0.05, 0.1) is 12.4 Å². The van der Waals surface area contributed by atoms with Gasteiger partial charge in [-0.05, 0) is 42.8 Å². The minimum Gasteiger partial charge on any atom is -0.497 e. The van der Waals surface area contributed by atoms with Crippen LogP contribution in [0.3, 0.4) is 0 Å². The predicted molar refractivity (Wildman–Crippen MR) is 83.7 cm³/mol. The molecule has 0 saturated carbocycles. The molecule has 2 rings (SSSR count). The van der Waals surface area contributed by atoms with Crippen molar-refractivity contribution in [1.82, 2.24) is 0 Å². The summed E-state index contributed by atoms with van der Waals surface area (Å²) in [5, 5.41) is -0.296. The third kappa shape index (κ3) is 3.85. The van der Waals surface area contributed by atoms with Gasteiger partial charge in [-0.1, -0.05) is 19.1 Å². The van der Waals surface area contributed by atoms with E-state index in [4.69, 9.17) is 4.74 Å². The van der Waals surface area contributed by atoms with E-state index in [2.05, 4.69) is 0 Å². The van der Waals surface area contributed by atoms with Gasteiger partial charge in [-0.2, -0.15) is 0 Å². The Kier molecular flexibility index (Phi) is 5.39. The van der Waals surface area contributed by atoms with Crippen LogP contribution in [-0.2, 0) is 0 Å². The predicted octanol–water partition coefficient (Wildman–Crippen LogP) is 4.59. The lowest BCUT2D eigenvalue weighted by atomic mass is 10.1. The number of methoxy groups -OCH3 is 1. The van der Waals surface area contributed by atoms with Crippen molar-refractivity contribution in [1.29, 1.82) is 0 Å². The minimum absolute atomic E-state index is 0.00778. The highest BCUT2D eigenvalue weighted by atomic mass is 32.2. The first-order valence-electron chi connectivity index (χ1n) is 6.75. The topological polar surface area (TPSA) is 26.3 Å². The lowest BCUT2D eigenvalue weighted by molar-refractivity contribution is 0.0988. The van der Waals surface area contributed by atoms with Crippen LogP contribution in [0.15, 0.2) is 53.4 Å². The van der Waals surface area contributed by atoms with Gasteiger partial charge in [-0.15, -0.1) is 11.8 Å². The Morgan fingerprint density at radius 2 is 1.86 bits per heavy atom. The zero-order chi connectivity index (χ0) is 15.2. The molecule has 4 heteroatoms. The van der Waals surface area contributed by atoms with Crippen molar-refractivity contribution in [2.24, 2.45) is 0 Å². The molecule has 0 heterocycles. The average Bonchev–Trinajstić information content (AvgIpc) is 2.53. The Labute approximate surface area is 128 Å². The van der Waals surface area contributed by atoms with Gasteiger partial charge >= 0.3 is 0 Å². The molecule has 0 saturated heterocycles. The van der Waals surface area contributed by atoms with Crippen LogP contribution >= 0.6 is 11.8 Å². The van der Waals surface area contributed by atoms with Crippen LogP contribution in [0.1, 0.15) is 23.7 Å². The summed E-state index contributed by atoms with van der Waals surface area (Å²) in [6, 6.07) is 13.5. The van der Waals surface area contributed by atoms with E-state index in [1.54, 1.807) is 49.6 Å². The molecule has 0 aliphatic heterocycles. The van der Waals surface area contributed by atoms with Crippen molar-refractivity contribution in [2.75, 3.05) is 7.11 Å². The number of carbonyl (C=O) groups is 1. The van der Waals surface area contributed by atoms with E-state index in [1.165, 1.54) is 17.8 Å². The number of thioether (sulfide) groups is 1. The fourth-order valence-corrected chi connectivity index (χ4v) is 3.01. The second kappa shape index (κ2) is 7.27. The Morgan fingerprint density at radius 3 is 2.43 bits per heavy atom. The lowest BCUT2D eigenvalue weighted by Crippen LogP contribution is -2.16. The van der Waals surface area contributed by atoms with Gasteiger partial charge in [0.2, 0.25) is 0 Å². The van der Waals surface area contributed by atoms with Gasteiger partial charge < -0.3 is 4.74 Å². The molecule has 21 heavy (non-hydrogen) atoms. The fourth-order valence-electron chi connectivity index (χ4n) is 1.96. The minimum atomic E-state index is -0.296. The van der Waals surface area contributed by atoms with Crippen LogP contribution in [0, 0.1) is 5.82 Å². The van der Waals surface area contributed by atoms with Crippen molar-refractivity contribution >= 4 is 17.5 Å². The van der Waals surface area contributed by atoms with Gasteiger partial charge in [-0.25, -0.2) is 4.39 Å². The van der Waals surface area contributed by atoms with E-state index in [0.717, 1.165) is 0 Å². The summed E-state index contributed by atoms with van der Waals surface area (Å²) in [4.78, 5) is 13.0. The van der Waals surface area contributed by atoms with Gasteiger partial charge in [0, 0.05) is 10.5 Å². The third-order valence-corrected chi connectivity index (χ3v) is 4.56. The highest BCUT2D eigenvalue weighted by Gasteiger charge is 2.20. The highest BCUT2D eigenvalue weighted by Crippen LogP contribution is 2.30. The van der Waals surface area contributed by atoms with E-state index in [1.807, 2.05) is 6.92 Å². The normalized spacial score (nSPS) is 12.0. The molecule has 2 nitrogen and oxygen atoms in total. The molecular formula is C17H17FO2S. The van der Waals surface area contributed by atoms with Crippen molar-refractivity contribution in [2.45, 2.75) is 23.5 Å². The zero-order valence-corrected chi connectivity index (χ0v) is 12.8. The molecule has 0 N–H and O–H groups in total. The van der Waals surface area contributed by atoms with E-state index in [-0.39, 0.29) is 16.9 Å². The van der Waals surface area contributed by atoms with E-state index >= 15 is 0 Å². The van der Waals surface area contributed by atoms with E-state index in [9.17, 15) is 9.18 Å². The van der Waals surface area contributed by atoms with Crippen molar-refractivity contribution < 1.29 is 13.9 Å². The van der Waals surface area contributed by atoms with Crippen molar-refractivity contribution in [3.05, 3.63) is 59.9 Å². The molecule has 0 fully saturated rings. The molecule has 0 radical (unpaired) electrons. The maximum absolute atomic E-state index is 13.7. The van der Waals surface area contributed by atoms with E-state index < -0.39 is 0 Å². The van der Waals surface area contributed by atoms with Crippen molar-refractivity contribution in [3.8, 4) is 5.75 Å². The van der Waals surface area contributed by atoms with Crippen LogP contribution in [0.2, 0.25) is 0 Å². The summed E-state index contributed by atoms with van der Waals surface area (Å²) in [6.45, 7) is 1.93. The Balaban J connectivity index is 2.16. The molecule has 0 aliphatic carbocycles. The summed E-state index contributed by atoms with van der Waals surface area (Å²) in [6.07, 6.45) is 0.643. The Morgan fingerprint density at radius 1 is 1.19 bits per heavy atom. The summed E-state index contributed by atoms with van der Waals surface area (Å²) in [5.41, 5.74) is 0.617. The molecule has 1 atom stereocenters. The number of ether oxygens (including phenoxy) is 1. The summed E-state index contributed by atoms with van der Waals surface area (Å²) < 4.78 is 18.8. The largest absolute Gasteiger partial charge is 0.497 e. The Hall–Kier alpha value is -1.81. The van der Waals surface area contributed by atoms with Crippen LogP contribution in [0.4, 0.5) is 4.39 Å². The first-order chi connectivity index (χ1) is 10.2. The smallest absolute Gasteiger partial charge is 0.176 e. The lowest BCUT2D eigenvalue weighted by Gasteiger charge is -2.14. The molecule has 0 amide bonds. The molecule has 0 bridgehead atoms. The molecule has 110 valence electrons. The monoisotopic (exact) mass is 304 g/mol. The first kappa shape index (κ1) is 15.6. The summed E-state index contributed by atoms with van der Waals surface area (Å²) >= 11 is 1.27. The molecular weight excluding hydrogens is 287 g/mol. The number of rotatable bonds is 6. The molecule has 0 aliphatic rings. The van der Waals surface area contributed by atoms with E-state index in [0.29, 0.717) is 22.6 Å². The first-order valence-corrected chi connectivity index (χ1v) is 7.63. The third-order valence-electron chi connectivity index (χ3n) is 3.14. The zero-order valence-electron chi connectivity index (χ0n) is 12.0. The molecule has 2 aromatic rings. The summed E-state index contributed by atoms with van der Waals surface area (Å²) in [7, 11) is 1.58. The number of ketones is 1. The number of hydrogen-bond acceptors (Lipinski definition) is 3. The Bertz CT molecular complexity index is 610. The second-order valence-electron chi connectivity index (χ2n) is 4.54. The number of carbonyl (C=O) groups excluding carboxylic acids is 1. The van der Waals surface area contributed by atoms with Crippen LogP contribution in [0.25, 0.3) is 0 Å². The molecule has 2 aromatic carbocycles. The maximum Gasteiger partial charge on any atom is 0.176 e. The van der Waals surface area contributed by atoms with Crippen molar-refractivity contribution in [3.63, 3.8) is 0 Å². The van der Waals surface area contributed by atoms with Gasteiger partial charge in [0.1, 0.15) is 11.6 Å². The van der Waals surface area contributed by atoms with Gasteiger partial charge in [0.15, 0.2) is 5.78 Å². The molecule has 0 spiro atoms. The highest BCUT2D eigenvalue weighted by molar-refractivity contribution is 8.00. The van der Waals surface area contributed by atoms with Gasteiger partial charge in [0.25, 0.3) is 0 Å². The number of benzene rings is 2. The molecule has 0 aromatic heterocycles. The standard InChI is InChI=1S/C17H17FO2S/c1-3-15(21-16-7-5-4-6-14(16)18)17(19)12-8-10-13(20-2)11-9-12/h4-11,15H,3H2,1-2H3. The van der Waals surface area contributed by atoms with Gasteiger partial charge in [-0.3, -0.25) is 4.79 Å². The fraction of sp³-hybridized carbons (Fsp3) is 0.235. The number of hydrogen-bond donors (Lipinski definition) is 0. The summed E-state index contributed by atoms with van der Waals surface area (Å²) in [5.74, 6) is 0.429.